The molecule has 3 aromatic rings. The number of aromatic nitrogens is 1. The predicted octanol–water partition coefficient (Wildman–Crippen LogP) is 4.08. The summed E-state index contributed by atoms with van der Waals surface area (Å²) in [4.78, 5) is 15.3. The lowest BCUT2D eigenvalue weighted by molar-refractivity contribution is 0.0956. The highest BCUT2D eigenvalue weighted by atomic mass is 79.9. The first-order valence-electron chi connectivity index (χ1n) is 6.82. The number of carbonyl (C=O) groups excluding carboxylic acids is 1. The molecule has 2 N–H and O–H groups in total. The van der Waals surface area contributed by atoms with Crippen LogP contribution < -0.4 is 5.43 Å². The second-order valence-corrected chi connectivity index (χ2v) is 5.81. The molecule has 0 aliphatic heterocycles. The quantitative estimate of drug-likeness (QED) is 0.539. The van der Waals surface area contributed by atoms with Crippen LogP contribution in [0.1, 0.15) is 22.8 Å². The van der Waals surface area contributed by atoms with Gasteiger partial charge in [-0.25, -0.2) is 5.43 Å². The highest BCUT2D eigenvalue weighted by molar-refractivity contribution is 9.10. The van der Waals surface area contributed by atoms with Crippen LogP contribution in [-0.2, 0) is 0 Å². The number of carbonyl (C=O) groups is 1. The first-order valence-corrected chi connectivity index (χ1v) is 7.61. The topological polar surface area (TPSA) is 57.2 Å². The minimum atomic E-state index is -0.228. The van der Waals surface area contributed by atoms with Gasteiger partial charge in [0.15, 0.2) is 0 Å². The molecule has 4 nitrogen and oxygen atoms in total. The number of H-pyrrole nitrogens is 1. The molecule has 0 saturated heterocycles. The lowest BCUT2D eigenvalue weighted by atomic mass is 10.1. The zero-order chi connectivity index (χ0) is 15.5. The molecule has 1 amide bonds. The van der Waals surface area contributed by atoms with E-state index in [1.807, 2.05) is 55.5 Å². The van der Waals surface area contributed by atoms with Gasteiger partial charge in [0.25, 0.3) is 5.91 Å². The van der Waals surface area contributed by atoms with E-state index in [9.17, 15) is 4.79 Å². The van der Waals surface area contributed by atoms with E-state index < -0.39 is 0 Å². The van der Waals surface area contributed by atoms with Gasteiger partial charge in [0, 0.05) is 21.6 Å². The van der Waals surface area contributed by atoms with Gasteiger partial charge in [-0.15, -0.1) is 0 Å². The van der Waals surface area contributed by atoms with Gasteiger partial charge in [-0.2, -0.15) is 5.10 Å². The van der Waals surface area contributed by atoms with E-state index >= 15 is 0 Å². The molecular weight excluding hydrogens is 342 g/mol. The number of para-hydroxylation sites is 1. The Morgan fingerprint density at radius 1 is 1.14 bits per heavy atom. The number of hydrogen-bond acceptors (Lipinski definition) is 2. The van der Waals surface area contributed by atoms with E-state index in [4.69, 9.17) is 0 Å². The number of amides is 1. The summed E-state index contributed by atoms with van der Waals surface area (Å²) < 4.78 is 1.01. The van der Waals surface area contributed by atoms with Gasteiger partial charge in [-0.3, -0.25) is 4.79 Å². The minimum Gasteiger partial charge on any atom is -0.360 e. The summed E-state index contributed by atoms with van der Waals surface area (Å²) in [5.41, 5.74) is 5.84. The van der Waals surface area contributed by atoms with Crippen molar-refractivity contribution in [2.45, 2.75) is 6.92 Å². The molecule has 110 valence electrons. The van der Waals surface area contributed by atoms with Crippen LogP contribution in [0.15, 0.2) is 64.3 Å². The Hall–Kier alpha value is -2.40. The van der Waals surface area contributed by atoms with Crippen LogP contribution >= 0.6 is 15.9 Å². The summed E-state index contributed by atoms with van der Waals surface area (Å²) in [6.07, 6.45) is 1.70. The Bertz CT molecular complexity index is 850. The van der Waals surface area contributed by atoms with E-state index in [-0.39, 0.29) is 5.91 Å². The summed E-state index contributed by atoms with van der Waals surface area (Å²) in [7, 11) is 0. The van der Waals surface area contributed by atoms with Crippen LogP contribution in [0.4, 0.5) is 0 Å². The lowest BCUT2D eigenvalue weighted by Crippen LogP contribution is -2.19. The highest BCUT2D eigenvalue weighted by Crippen LogP contribution is 2.17. The average Bonchev–Trinajstić information content (AvgIpc) is 2.97. The fraction of sp³-hybridized carbons (Fsp3) is 0.0588. The molecule has 0 fully saturated rings. The van der Waals surface area contributed by atoms with Gasteiger partial charge in [-0.05, 0) is 30.7 Å². The van der Waals surface area contributed by atoms with Gasteiger partial charge < -0.3 is 4.98 Å². The summed E-state index contributed by atoms with van der Waals surface area (Å²) in [5.74, 6) is -0.228. The number of rotatable bonds is 3. The van der Waals surface area contributed by atoms with Crippen molar-refractivity contribution in [3.63, 3.8) is 0 Å². The molecule has 22 heavy (non-hydrogen) atoms. The number of hydrazone groups is 1. The fourth-order valence-electron chi connectivity index (χ4n) is 2.21. The van der Waals surface area contributed by atoms with Crippen LogP contribution in [0.25, 0.3) is 10.9 Å². The van der Waals surface area contributed by atoms with Crippen LogP contribution in [0.2, 0.25) is 0 Å². The van der Waals surface area contributed by atoms with Crippen molar-refractivity contribution in [3.05, 3.63) is 70.3 Å². The van der Waals surface area contributed by atoms with Crippen LogP contribution in [0.3, 0.4) is 0 Å². The van der Waals surface area contributed by atoms with Crippen LogP contribution in [0, 0.1) is 0 Å². The van der Waals surface area contributed by atoms with Gasteiger partial charge in [0.05, 0.1) is 11.3 Å². The number of fused-ring (bicyclic) bond motifs is 1. The van der Waals surface area contributed by atoms with Gasteiger partial charge in [0.2, 0.25) is 0 Å². The molecule has 1 aromatic heterocycles. The maximum atomic E-state index is 12.3. The van der Waals surface area contributed by atoms with E-state index in [1.165, 1.54) is 0 Å². The van der Waals surface area contributed by atoms with Gasteiger partial charge in [0.1, 0.15) is 0 Å². The lowest BCUT2D eigenvalue weighted by Gasteiger charge is -2.03. The number of benzene rings is 2. The predicted molar refractivity (Wildman–Crippen MR) is 92.1 cm³/mol. The molecule has 2 aromatic carbocycles. The Morgan fingerprint density at radius 3 is 2.64 bits per heavy atom. The van der Waals surface area contributed by atoms with E-state index in [0.29, 0.717) is 5.56 Å². The molecule has 0 spiro atoms. The Labute approximate surface area is 136 Å². The third-order valence-electron chi connectivity index (χ3n) is 3.42. The van der Waals surface area contributed by atoms with Crippen molar-refractivity contribution in [2.24, 2.45) is 5.10 Å². The first-order chi connectivity index (χ1) is 10.6. The second kappa shape index (κ2) is 6.15. The van der Waals surface area contributed by atoms with Crippen molar-refractivity contribution in [1.82, 2.24) is 10.4 Å². The average molecular weight is 356 g/mol. The first kappa shape index (κ1) is 14.5. The summed E-state index contributed by atoms with van der Waals surface area (Å²) in [6.45, 7) is 1.86. The summed E-state index contributed by atoms with van der Waals surface area (Å²) in [5, 5.41) is 5.06. The molecule has 0 saturated carbocycles. The minimum absolute atomic E-state index is 0.228. The summed E-state index contributed by atoms with van der Waals surface area (Å²) >= 11 is 3.39. The second-order valence-electron chi connectivity index (χ2n) is 4.89. The molecule has 0 bridgehead atoms. The third kappa shape index (κ3) is 2.94. The van der Waals surface area contributed by atoms with Crippen molar-refractivity contribution in [3.8, 4) is 0 Å². The fourth-order valence-corrected chi connectivity index (χ4v) is 2.47. The van der Waals surface area contributed by atoms with Crippen molar-refractivity contribution < 1.29 is 4.79 Å². The smallest absolute Gasteiger partial charge is 0.273 e. The molecule has 0 aliphatic rings. The Morgan fingerprint density at radius 2 is 1.86 bits per heavy atom. The normalized spacial score (nSPS) is 11.6. The molecule has 3 rings (SSSR count). The standard InChI is InChI=1S/C17H14BrN3O/c1-11(12-6-8-13(18)9-7-12)20-21-17(22)15-10-19-16-5-3-2-4-14(15)16/h2-10,19H,1H3,(H,21,22). The molecule has 0 unspecified atom stereocenters. The van der Waals surface area contributed by atoms with Crippen LogP contribution in [0.5, 0.6) is 0 Å². The largest absolute Gasteiger partial charge is 0.360 e. The molecule has 0 aliphatic carbocycles. The van der Waals surface area contributed by atoms with Crippen molar-refractivity contribution in [1.29, 1.82) is 0 Å². The van der Waals surface area contributed by atoms with Gasteiger partial charge in [-0.1, -0.05) is 46.3 Å². The Balaban J connectivity index is 1.79. The monoisotopic (exact) mass is 355 g/mol. The van der Waals surface area contributed by atoms with Crippen molar-refractivity contribution in [2.75, 3.05) is 0 Å². The molecule has 0 radical (unpaired) electrons. The van der Waals surface area contributed by atoms with E-state index in [1.54, 1.807) is 6.20 Å². The number of nitrogens with one attached hydrogen (secondary N) is 2. The molecule has 5 heteroatoms. The maximum Gasteiger partial charge on any atom is 0.273 e. The number of halogens is 1. The van der Waals surface area contributed by atoms with E-state index in [2.05, 4.69) is 31.4 Å². The van der Waals surface area contributed by atoms with Gasteiger partial charge >= 0.3 is 0 Å². The maximum absolute atomic E-state index is 12.3. The highest BCUT2D eigenvalue weighted by Gasteiger charge is 2.10. The number of hydrogen-bond donors (Lipinski definition) is 2. The van der Waals surface area contributed by atoms with Crippen molar-refractivity contribution >= 4 is 38.5 Å². The third-order valence-corrected chi connectivity index (χ3v) is 3.95. The molecule has 1 heterocycles. The summed E-state index contributed by atoms with van der Waals surface area (Å²) in [6, 6.07) is 15.4. The Kier molecular flexibility index (Phi) is 4.06. The van der Waals surface area contributed by atoms with E-state index in [0.717, 1.165) is 26.7 Å². The number of nitrogens with zero attached hydrogens (tertiary/aromatic N) is 1. The molecule has 0 atom stereocenters. The van der Waals surface area contributed by atoms with Crippen LogP contribution in [-0.4, -0.2) is 16.6 Å². The zero-order valence-corrected chi connectivity index (χ0v) is 13.5. The zero-order valence-electron chi connectivity index (χ0n) is 11.9. The SMILES string of the molecule is CC(=NNC(=O)c1c[nH]c2ccccc12)c1ccc(Br)cc1. The number of aromatic amines is 1. The molecular formula is C17H14BrN3O.